The number of para-hydroxylation sites is 1. The number of aromatic nitrogens is 2. The highest BCUT2D eigenvalue weighted by molar-refractivity contribution is 14.0. The van der Waals surface area contributed by atoms with Gasteiger partial charge in [0.15, 0.2) is 5.96 Å². The minimum atomic E-state index is 0. The molecule has 7 nitrogen and oxygen atoms in total. The van der Waals surface area contributed by atoms with Crippen LogP contribution in [0, 0.1) is 13.8 Å². The Morgan fingerprint density at radius 2 is 2.06 bits per heavy atom. The molecule has 4 rings (SSSR count). The molecule has 0 bridgehead atoms. The zero-order chi connectivity index (χ0) is 21.5. The van der Waals surface area contributed by atoms with E-state index < -0.39 is 0 Å². The molecule has 1 aliphatic rings. The van der Waals surface area contributed by atoms with Gasteiger partial charge in [0, 0.05) is 31.8 Å². The highest BCUT2D eigenvalue weighted by Crippen LogP contribution is 2.18. The van der Waals surface area contributed by atoms with Gasteiger partial charge in [0.1, 0.15) is 5.76 Å². The summed E-state index contributed by atoms with van der Waals surface area (Å²) in [6.07, 6.45) is 4.97. The molecule has 1 unspecified atom stereocenters. The van der Waals surface area contributed by atoms with Crippen LogP contribution in [0.1, 0.15) is 35.6 Å². The molecular weight excluding hydrogens is 517 g/mol. The zero-order valence-corrected chi connectivity index (χ0v) is 21.0. The number of halogens is 1. The van der Waals surface area contributed by atoms with Gasteiger partial charge in [-0.1, -0.05) is 18.2 Å². The maximum Gasteiger partial charge on any atom is 0.191 e. The standard InChI is InChI=1S/C24H31N5O2.HI/c1-18-15-19(2)29(28-18)23-10-4-3-7-20(23)16-26-24(27-17-22-9-6-14-31-22)25-12-11-21-8-5-13-30-21;/h3-5,7-8,10,13,15,22H,6,9,11-12,14,16-17H2,1-2H3,(H2,25,26,27);1H. The van der Waals surface area contributed by atoms with E-state index in [1.54, 1.807) is 6.26 Å². The van der Waals surface area contributed by atoms with Crippen LogP contribution in [0.4, 0.5) is 0 Å². The molecule has 32 heavy (non-hydrogen) atoms. The SMILES string of the molecule is Cc1cc(C)n(-c2ccccc2CN=C(NCCc2ccco2)NCC2CCCO2)n1.I. The van der Waals surface area contributed by atoms with E-state index in [2.05, 4.69) is 40.9 Å². The van der Waals surface area contributed by atoms with Crippen molar-refractivity contribution in [2.45, 2.75) is 45.8 Å². The lowest BCUT2D eigenvalue weighted by Crippen LogP contribution is -2.41. The Morgan fingerprint density at radius 3 is 2.78 bits per heavy atom. The quantitative estimate of drug-likeness (QED) is 0.251. The average Bonchev–Trinajstić information content (AvgIpc) is 3.53. The number of ether oxygens (including phenoxy) is 1. The van der Waals surface area contributed by atoms with Crippen LogP contribution in [0.2, 0.25) is 0 Å². The Balaban J connectivity index is 0.00000289. The Labute approximate surface area is 206 Å². The summed E-state index contributed by atoms with van der Waals surface area (Å²) in [6.45, 7) is 6.98. The van der Waals surface area contributed by atoms with E-state index in [0.717, 1.165) is 73.3 Å². The van der Waals surface area contributed by atoms with Crippen molar-refractivity contribution >= 4 is 29.9 Å². The van der Waals surface area contributed by atoms with Gasteiger partial charge < -0.3 is 19.8 Å². The molecule has 172 valence electrons. The number of furan rings is 1. The molecule has 8 heteroatoms. The molecule has 2 N–H and O–H groups in total. The summed E-state index contributed by atoms with van der Waals surface area (Å²) in [4.78, 5) is 4.86. The van der Waals surface area contributed by atoms with Gasteiger partial charge in [-0.3, -0.25) is 0 Å². The summed E-state index contributed by atoms with van der Waals surface area (Å²) in [6, 6.07) is 14.3. The van der Waals surface area contributed by atoms with Crippen LogP contribution in [0.3, 0.4) is 0 Å². The van der Waals surface area contributed by atoms with Crippen molar-refractivity contribution in [1.82, 2.24) is 20.4 Å². The minimum absolute atomic E-state index is 0. The van der Waals surface area contributed by atoms with Crippen molar-refractivity contribution in [1.29, 1.82) is 0 Å². The Kier molecular flexibility index (Phi) is 9.16. The summed E-state index contributed by atoms with van der Waals surface area (Å²) in [7, 11) is 0. The number of hydrogen-bond donors (Lipinski definition) is 2. The van der Waals surface area contributed by atoms with Crippen LogP contribution in [0.5, 0.6) is 0 Å². The van der Waals surface area contributed by atoms with Crippen molar-refractivity contribution < 1.29 is 9.15 Å². The van der Waals surface area contributed by atoms with Gasteiger partial charge in [-0.2, -0.15) is 5.10 Å². The molecule has 1 aromatic carbocycles. The van der Waals surface area contributed by atoms with Crippen molar-refractivity contribution in [3.8, 4) is 5.69 Å². The van der Waals surface area contributed by atoms with E-state index in [9.17, 15) is 0 Å². The van der Waals surface area contributed by atoms with Crippen LogP contribution in [-0.4, -0.2) is 41.5 Å². The van der Waals surface area contributed by atoms with Gasteiger partial charge in [0.25, 0.3) is 0 Å². The molecule has 3 aromatic rings. The summed E-state index contributed by atoms with van der Waals surface area (Å²) in [5.41, 5.74) is 4.31. The maximum absolute atomic E-state index is 5.75. The van der Waals surface area contributed by atoms with E-state index in [-0.39, 0.29) is 30.1 Å². The van der Waals surface area contributed by atoms with Crippen molar-refractivity contribution in [2.24, 2.45) is 4.99 Å². The highest BCUT2D eigenvalue weighted by Gasteiger charge is 2.16. The molecule has 3 heterocycles. The fourth-order valence-corrected chi connectivity index (χ4v) is 3.84. The second-order valence-electron chi connectivity index (χ2n) is 7.90. The van der Waals surface area contributed by atoms with E-state index in [1.807, 2.05) is 35.9 Å². The number of hydrogen-bond acceptors (Lipinski definition) is 4. The predicted octanol–water partition coefficient (Wildman–Crippen LogP) is 4.16. The van der Waals surface area contributed by atoms with Gasteiger partial charge in [-0.15, -0.1) is 24.0 Å². The Morgan fingerprint density at radius 1 is 1.19 bits per heavy atom. The largest absolute Gasteiger partial charge is 0.469 e. The van der Waals surface area contributed by atoms with Crippen LogP contribution >= 0.6 is 24.0 Å². The number of nitrogens with one attached hydrogen (secondary N) is 2. The minimum Gasteiger partial charge on any atom is -0.469 e. The molecule has 0 radical (unpaired) electrons. The Bertz CT molecular complexity index is 994. The van der Waals surface area contributed by atoms with Crippen molar-refractivity contribution in [3.63, 3.8) is 0 Å². The topological polar surface area (TPSA) is 76.6 Å². The molecule has 0 amide bonds. The van der Waals surface area contributed by atoms with Crippen LogP contribution in [-0.2, 0) is 17.7 Å². The zero-order valence-electron chi connectivity index (χ0n) is 18.7. The van der Waals surface area contributed by atoms with Gasteiger partial charge in [-0.05, 0) is 56.5 Å². The summed E-state index contributed by atoms with van der Waals surface area (Å²) in [5.74, 6) is 1.74. The number of rotatable bonds is 8. The molecule has 1 saturated heterocycles. The molecule has 1 aliphatic heterocycles. The molecule has 0 spiro atoms. The normalized spacial score (nSPS) is 16.1. The number of guanidine groups is 1. The number of benzene rings is 1. The summed E-state index contributed by atoms with van der Waals surface area (Å²) < 4.78 is 13.2. The van der Waals surface area contributed by atoms with Crippen LogP contribution in [0.25, 0.3) is 5.69 Å². The average molecular weight is 549 g/mol. The lowest BCUT2D eigenvalue weighted by Gasteiger charge is -2.16. The first-order valence-electron chi connectivity index (χ1n) is 11.0. The third-order valence-corrected chi connectivity index (χ3v) is 5.40. The van der Waals surface area contributed by atoms with Crippen molar-refractivity contribution in [2.75, 3.05) is 19.7 Å². The second kappa shape index (κ2) is 12.1. The molecule has 1 fully saturated rings. The molecule has 0 aliphatic carbocycles. The first kappa shape index (κ1) is 24.3. The Hall–Kier alpha value is -2.33. The lowest BCUT2D eigenvalue weighted by molar-refractivity contribution is 0.114. The van der Waals surface area contributed by atoms with Crippen LogP contribution in [0.15, 0.2) is 58.1 Å². The molecule has 1 atom stereocenters. The monoisotopic (exact) mass is 549 g/mol. The predicted molar refractivity (Wildman–Crippen MR) is 137 cm³/mol. The number of nitrogens with zero attached hydrogens (tertiary/aromatic N) is 3. The molecule has 0 saturated carbocycles. The smallest absolute Gasteiger partial charge is 0.191 e. The first-order chi connectivity index (χ1) is 15.2. The van der Waals surface area contributed by atoms with Gasteiger partial charge in [-0.25, -0.2) is 9.67 Å². The van der Waals surface area contributed by atoms with Crippen molar-refractivity contribution in [3.05, 3.63) is 71.4 Å². The fraction of sp³-hybridized carbons (Fsp3) is 0.417. The maximum atomic E-state index is 5.75. The van der Waals surface area contributed by atoms with E-state index in [4.69, 9.17) is 14.1 Å². The summed E-state index contributed by atoms with van der Waals surface area (Å²) >= 11 is 0. The molecule has 2 aromatic heterocycles. The van der Waals surface area contributed by atoms with E-state index in [0.29, 0.717) is 6.54 Å². The first-order valence-corrected chi connectivity index (χ1v) is 11.0. The lowest BCUT2D eigenvalue weighted by atomic mass is 10.2. The van der Waals surface area contributed by atoms with Gasteiger partial charge >= 0.3 is 0 Å². The third-order valence-electron chi connectivity index (χ3n) is 5.40. The second-order valence-corrected chi connectivity index (χ2v) is 7.90. The number of aliphatic imine (C=N–C) groups is 1. The molecular formula is C24H32IN5O2. The highest BCUT2D eigenvalue weighted by atomic mass is 127. The van der Waals surface area contributed by atoms with E-state index in [1.165, 1.54) is 0 Å². The van der Waals surface area contributed by atoms with Gasteiger partial charge in [0.05, 0.1) is 30.3 Å². The summed E-state index contributed by atoms with van der Waals surface area (Å²) in [5, 5.41) is 11.5. The number of aryl methyl sites for hydroxylation is 2. The third kappa shape index (κ3) is 6.59. The van der Waals surface area contributed by atoms with E-state index >= 15 is 0 Å². The van der Waals surface area contributed by atoms with Crippen LogP contribution < -0.4 is 10.6 Å². The van der Waals surface area contributed by atoms with Gasteiger partial charge in [0.2, 0.25) is 0 Å². The fourth-order valence-electron chi connectivity index (χ4n) is 3.84.